The van der Waals surface area contributed by atoms with Crippen LogP contribution in [0.4, 0.5) is 4.39 Å². The minimum atomic E-state index is -0.627. The highest BCUT2D eigenvalue weighted by Crippen LogP contribution is 2.35. The summed E-state index contributed by atoms with van der Waals surface area (Å²) in [5.74, 6) is -0.697. The largest absolute Gasteiger partial charge is 0.483 e. The summed E-state index contributed by atoms with van der Waals surface area (Å²) >= 11 is 0. The number of nitriles is 1. The molecule has 0 N–H and O–H groups in total. The molecule has 6 rings (SSSR count). The minimum Gasteiger partial charge on any atom is -0.483 e. The lowest BCUT2D eigenvalue weighted by molar-refractivity contribution is -0.0189. The van der Waals surface area contributed by atoms with Gasteiger partial charge in [0.2, 0.25) is 0 Å². The van der Waals surface area contributed by atoms with Gasteiger partial charge in [-0.3, -0.25) is 4.79 Å². The third-order valence-corrected chi connectivity index (χ3v) is 6.99. The van der Waals surface area contributed by atoms with Crippen molar-refractivity contribution in [2.45, 2.75) is 31.0 Å². The van der Waals surface area contributed by atoms with Crippen molar-refractivity contribution in [1.29, 1.82) is 5.26 Å². The summed E-state index contributed by atoms with van der Waals surface area (Å²) in [6, 6.07) is 23.7. The molecule has 196 valence electrons. The zero-order valence-electron chi connectivity index (χ0n) is 20.7. The van der Waals surface area contributed by atoms with Gasteiger partial charge in [0.25, 0.3) is 5.56 Å². The average molecular weight is 527 g/mol. The highest BCUT2D eigenvalue weighted by molar-refractivity contribution is 5.89. The molecule has 3 aromatic carbocycles. The molecular formula is C30H23FN2O6. The Morgan fingerprint density at radius 1 is 0.949 bits per heavy atom. The minimum absolute atomic E-state index is 0.132. The van der Waals surface area contributed by atoms with Crippen LogP contribution in [-0.4, -0.2) is 48.2 Å². The fraction of sp³-hybridized carbons (Fsp3) is 0.233. The van der Waals surface area contributed by atoms with E-state index >= 15 is 0 Å². The molecule has 8 nitrogen and oxygen atoms in total. The molecule has 0 amide bonds. The van der Waals surface area contributed by atoms with E-state index in [0.717, 1.165) is 0 Å². The molecule has 0 radical (unpaired) electrons. The van der Waals surface area contributed by atoms with Crippen LogP contribution in [0.15, 0.2) is 83.7 Å². The Balaban J connectivity index is 1.27. The molecule has 4 aromatic rings. The van der Waals surface area contributed by atoms with Crippen molar-refractivity contribution in [2.75, 3.05) is 13.2 Å². The maximum absolute atomic E-state index is 13.5. The fourth-order valence-corrected chi connectivity index (χ4v) is 5.09. The van der Waals surface area contributed by atoms with E-state index in [0.29, 0.717) is 22.0 Å². The number of fused-ring (bicyclic) bond motifs is 2. The van der Waals surface area contributed by atoms with Gasteiger partial charge in [0.15, 0.2) is 23.5 Å². The molecular weight excluding hydrogens is 503 g/mol. The first kappa shape index (κ1) is 24.8. The summed E-state index contributed by atoms with van der Waals surface area (Å²) in [5, 5.41) is 10.6. The first-order chi connectivity index (χ1) is 19.0. The number of para-hydroxylation sites is 1. The van der Waals surface area contributed by atoms with Crippen LogP contribution in [0, 0.1) is 17.1 Å². The van der Waals surface area contributed by atoms with Gasteiger partial charge in [-0.05, 0) is 42.0 Å². The Bertz CT molecular complexity index is 1630. The molecule has 0 saturated carbocycles. The summed E-state index contributed by atoms with van der Waals surface area (Å²) in [4.78, 5) is 26.0. The number of carbonyl (C=O) groups is 1. The molecule has 3 heterocycles. The molecule has 0 unspecified atom stereocenters. The fourth-order valence-electron chi connectivity index (χ4n) is 5.09. The lowest BCUT2D eigenvalue weighted by Gasteiger charge is -2.21. The molecule has 0 bridgehead atoms. The number of esters is 1. The van der Waals surface area contributed by atoms with Crippen molar-refractivity contribution in [2.24, 2.45) is 0 Å². The first-order valence-corrected chi connectivity index (χ1v) is 12.5. The van der Waals surface area contributed by atoms with Crippen LogP contribution in [-0.2, 0) is 20.8 Å². The van der Waals surface area contributed by atoms with Gasteiger partial charge in [-0.1, -0.05) is 42.5 Å². The smallest absolute Gasteiger partial charge is 0.338 e. The SMILES string of the molecule is N#Cc1c(O[C@H]2CO[C@H]3[C@@H]2OC[C@@H]3OC(=O)c2ccccc2)c2ccccc2n(Cc2ccc(F)cc2)c1=O. The number of halogens is 1. The Labute approximate surface area is 222 Å². The maximum atomic E-state index is 13.5. The standard InChI is InChI=1S/C30H23FN2O6/c31-20-12-10-18(11-13-20)15-33-23-9-5-4-8-21(23)26(22(14-32)29(33)34)38-24-16-36-28-25(17-37-27(24)28)39-30(35)19-6-2-1-3-7-19/h1-13,24-25,27-28H,15-17H2/t24-,25-,27+,28+/m0/s1. The van der Waals surface area contributed by atoms with Crippen LogP contribution < -0.4 is 10.3 Å². The van der Waals surface area contributed by atoms with Gasteiger partial charge in [-0.15, -0.1) is 0 Å². The number of rotatable bonds is 6. The highest BCUT2D eigenvalue weighted by atomic mass is 19.1. The predicted octanol–water partition coefficient (Wildman–Crippen LogP) is 3.83. The predicted molar refractivity (Wildman–Crippen MR) is 138 cm³/mol. The van der Waals surface area contributed by atoms with E-state index in [1.807, 2.05) is 12.1 Å². The third-order valence-electron chi connectivity index (χ3n) is 6.99. The molecule has 2 aliphatic heterocycles. The van der Waals surface area contributed by atoms with E-state index in [9.17, 15) is 19.2 Å². The van der Waals surface area contributed by atoms with E-state index in [2.05, 4.69) is 0 Å². The molecule has 4 atom stereocenters. The van der Waals surface area contributed by atoms with Gasteiger partial charge in [0.05, 0.1) is 30.8 Å². The van der Waals surface area contributed by atoms with E-state index in [-0.39, 0.29) is 36.9 Å². The molecule has 1 aromatic heterocycles. The summed E-state index contributed by atoms with van der Waals surface area (Å²) < 4.78 is 38.7. The zero-order chi connectivity index (χ0) is 26.9. The third kappa shape index (κ3) is 4.65. The van der Waals surface area contributed by atoms with E-state index in [1.54, 1.807) is 60.7 Å². The number of ether oxygens (including phenoxy) is 4. The van der Waals surface area contributed by atoms with Crippen molar-refractivity contribution >= 4 is 16.9 Å². The van der Waals surface area contributed by atoms with E-state index < -0.39 is 35.9 Å². The van der Waals surface area contributed by atoms with Crippen molar-refractivity contribution in [3.63, 3.8) is 0 Å². The quantitative estimate of drug-likeness (QED) is 0.352. The summed E-state index contributed by atoms with van der Waals surface area (Å²) in [6.07, 6.45) is -2.34. The molecule has 0 spiro atoms. The molecule has 2 fully saturated rings. The van der Waals surface area contributed by atoms with Gasteiger partial charge >= 0.3 is 5.97 Å². The lowest BCUT2D eigenvalue weighted by Crippen LogP contribution is -2.37. The Hall–Kier alpha value is -4.52. The number of aromatic nitrogens is 1. The molecule has 39 heavy (non-hydrogen) atoms. The second kappa shape index (κ2) is 10.3. The Kier molecular flexibility index (Phi) is 6.57. The average Bonchev–Trinajstić information content (AvgIpc) is 3.55. The summed E-state index contributed by atoms with van der Waals surface area (Å²) in [7, 11) is 0. The van der Waals surface area contributed by atoms with Crippen LogP contribution >= 0.6 is 0 Å². The van der Waals surface area contributed by atoms with Crippen LogP contribution in [0.1, 0.15) is 21.5 Å². The second-order valence-electron chi connectivity index (χ2n) is 9.41. The van der Waals surface area contributed by atoms with Crippen molar-refractivity contribution < 1.29 is 28.1 Å². The number of hydrogen-bond acceptors (Lipinski definition) is 7. The Morgan fingerprint density at radius 3 is 2.36 bits per heavy atom. The molecule has 2 saturated heterocycles. The number of nitrogens with zero attached hydrogens (tertiary/aromatic N) is 2. The first-order valence-electron chi connectivity index (χ1n) is 12.5. The van der Waals surface area contributed by atoms with E-state index in [1.165, 1.54) is 16.7 Å². The van der Waals surface area contributed by atoms with Gasteiger partial charge < -0.3 is 23.5 Å². The van der Waals surface area contributed by atoms with Crippen molar-refractivity contribution in [1.82, 2.24) is 4.57 Å². The topological polar surface area (TPSA) is 99.8 Å². The second-order valence-corrected chi connectivity index (χ2v) is 9.41. The number of benzene rings is 3. The number of pyridine rings is 1. The monoisotopic (exact) mass is 526 g/mol. The molecule has 9 heteroatoms. The Morgan fingerprint density at radius 2 is 1.62 bits per heavy atom. The summed E-state index contributed by atoms with van der Waals surface area (Å²) in [6.45, 7) is 0.425. The van der Waals surface area contributed by atoms with Gasteiger partial charge in [0.1, 0.15) is 24.1 Å². The molecule has 0 aliphatic carbocycles. The highest BCUT2D eigenvalue weighted by Gasteiger charge is 2.51. The van der Waals surface area contributed by atoms with Crippen LogP contribution in [0.25, 0.3) is 10.9 Å². The van der Waals surface area contributed by atoms with Crippen molar-refractivity contribution in [3.8, 4) is 11.8 Å². The van der Waals surface area contributed by atoms with Gasteiger partial charge in [0, 0.05) is 5.39 Å². The van der Waals surface area contributed by atoms with Gasteiger partial charge in [-0.2, -0.15) is 5.26 Å². The van der Waals surface area contributed by atoms with Gasteiger partial charge in [-0.25, -0.2) is 9.18 Å². The zero-order valence-corrected chi connectivity index (χ0v) is 20.7. The van der Waals surface area contributed by atoms with Crippen molar-refractivity contribution in [3.05, 3.63) is 112 Å². The van der Waals surface area contributed by atoms with Crippen LogP contribution in [0.2, 0.25) is 0 Å². The number of hydrogen-bond donors (Lipinski definition) is 0. The van der Waals surface area contributed by atoms with Crippen LogP contribution in [0.3, 0.4) is 0 Å². The van der Waals surface area contributed by atoms with Crippen LogP contribution in [0.5, 0.6) is 5.75 Å². The molecule has 2 aliphatic rings. The maximum Gasteiger partial charge on any atom is 0.338 e. The van der Waals surface area contributed by atoms with E-state index in [4.69, 9.17) is 18.9 Å². The normalized spacial score (nSPS) is 21.8. The number of carbonyl (C=O) groups excluding carboxylic acids is 1. The lowest BCUT2D eigenvalue weighted by atomic mass is 10.1. The summed E-state index contributed by atoms with van der Waals surface area (Å²) in [5.41, 5.74) is 1.04.